The lowest BCUT2D eigenvalue weighted by atomic mass is 9.70. The molecule has 1 aliphatic heterocycles. The smallest absolute Gasteiger partial charge is 0.123 e. The summed E-state index contributed by atoms with van der Waals surface area (Å²) in [7, 11) is 1.95. The van der Waals surface area contributed by atoms with Crippen molar-refractivity contribution in [1.82, 2.24) is 0 Å². The Kier molecular flexibility index (Phi) is 3.69. The van der Waals surface area contributed by atoms with E-state index in [1.165, 1.54) is 18.6 Å². The zero-order valence-electron chi connectivity index (χ0n) is 11.9. The van der Waals surface area contributed by atoms with Crippen molar-refractivity contribution < 1.29 is 14.2 Å². The Balaban J connectivity index is 1.85. The van der Waals surface area contributed by atoms with Crippen LogP contribution in [0.3, 0.4) is 0 Å². The van der Waals surface area contributed by atoms with Gasteiger partial charge in [-0.05, 0) is 37.1 Å². The second-order valence-electron chi connectivity index (χ2n) is 6.07. The number of hydrogen-bond donors (Lipinski definition) is 1. The molecule has 1 saturated carbocycles. The standard InChI is InChI=1S/C16H22FNO2/c1-18(14-7-5-13(17)6-8-14)15-11-20-10-12-4-2-3-9-16(12,15)19/h5-8,12,15,19H,2-4,9-11H2,1H3/t12-,15?,16-/m1/s1. The SMILES string of the molecule is CN(c1ccc(F)cc1)C1COC[C@H]2CCCC[C@]12O. The van der Waals surface area contributed by atoms with Crippen LogP contribution in [0, 0.1) is 11.7 Å². The summed E-state index contributed by atoms with van der Waals surface area (Å²) in [4.78, 5) is 2.04. The molecule has 1 aliphatic carbocycles. The molecule has 3 nitrogen and oxygen atoms in total. The fourth-order valence-electron chi connectivity index (χ4n) is 3.69. The first kappa shape index (κ1) is 13.8. The van der Waals surface area contributed by atoms with Crippen LogP contribution in [0.4, 0.5) is 10.1 Å². The first-order valence-corrected chi connectivity index (χ1v) is 7.40. The predicted molar refractivity (Wildman–Crippen MR) is 76.3 cm³/mol. The van der Waals surface area contributed by atoms with E-state index < -0.39 is 5.60 Å². The predicted octanol–water partition coefficient (Wildman–Crippen LogP) is 2.58. The largest absolute Gasteiger partial charge is 0.387 e. The van der Waals surface area contributed by atoms with Crippen LogP contribution in [-0.4, -0.2) is 37.0 Å². The molecule has 1 aromatic carbocycles. The maximum atomic E-state index is 13.0. The van der Waals surface area contributed by atoms with Crippen LogP contribution in [0.25, 0.3) is 0 Å². The van der Waals surface area contributed by atoms with Gasteiger partial charge in [0.2, 0.25) is 0 Å². The Hall–Kier alpha value is -1.13. The highest BCUT2D eigenvalue weighted by Crippen LogP contribution is 2.41. The number of fused-ring (bicyclic) bond motifs is 1. The van der Waals surface area contributed by atoms with E-state index in [4.69, 9.17) is 4.74 Å². The number of ether oxygens (including phenoxy) is 1. The van der Waals surface area contributed by atoms with E-state index in [9.17, 15) is 9.50 Å². The summed E-state index contributed by atoms with van der Waals surface area (Å²) in [5, 5.41) is 11.1. The van der Waals surface area contributed by atoms with Crippen molar-refractivity contribution in [2.24, 2.45) is 5.92 Å². The maximum Gasteiger partial charge on any atom is 0.123 e. The maximum absolute atomic E-state index is 13.0. The average molecular weight is 279 g/mol. The van der Waals surface area contributed by atoms with E-state index in [-0.39, 0.29) is 17.8 Å². The van der Waals surface area contributed by atoms with Gasteiger partial charge in [-0.1, -0.05) is 12.8 Å². The van der Waals surface area contributed by atoms with Crippen LogP contribution < -0.4 is 4.90 Å². The number of nitrogens with zero attached hydrogens (tertiary/aromatic N) is 1. The van der Waals surface area contributed by atoms with Crippen molar-refractivity contribution in [3.63, 3.8) is 0 Å². The summed E-state index contributed by atoms with van der Waals surface area (Å²) >= 11 is 0. The van der Waals surface area contributed by atoms with Crippen LogP contribution >= 0.6 is 0 Å². The highest BCUT2D eigenvalue weighted by Gasteiger charge is 2.49. The molecular formula is C16H22FNO2. The lowest BCUT2D eigenvalue weighted by molar-refractivity contribution is -0.145. The van der Waals surface area contributed by atoms with Crippen LogP contribution in [0.15, 0.2) is 24.3 Å². The second kappa shape index (κ2) is 5.34. The van der Waals surface area contributed by atoms with Gasteiger partial charge in [0.05, 0.1) is 24.9 Å². The molecule has 0 aromatic heterocycles. The molecule has 0 bridgehead atoms. The van der Waals surface area contributed by atoms with Crippen molar-refractivity contribution >= 4 is 5.69 Å². The normalized spacial score (nSPS) is 33.5. The molecule has 3 rings (SSSR count). The third-order valence-corrected chi connectivity index (χ3v) is 4.96. The van der Waals surface area contributed by atoms with E-state index in [1.54, 1.807) is 12.1 Å². The van der Waals surface area contributed by atoms with Crippen molar-refractivity contribution in [2.45, 2.75) is 37.3 Å². The lowest BCUT2D eigenvalue weighted by Gasteiger charge is -2.51. The molecule has 1 N–H and O–H groups in total. The van der Waals surface area contributed by atoms with Crippen molar-refractivity contribution in [2.75, 3.05) is 25.2 Å². The highest BCUT2D eigenvalue weighted by atomic mass is 19.1. The average Bonchev–Trinajstić information content (AvgIpc) is 2.46. The van der Waals surface area contributed by atoms with Gasteiger partial charge in [-0.2, -0.15) is 0 Å². The first-order chi connectivity index (χ1) is 9.61. The van der Waals surface area contributed by atoms with Gasteiger partial charge < -0.3 is 14.7 Å². The number of anilines is 1. The molecule has 20 heavy (non-hydrogen) atoms. The molecule has 1 aromatic rings. The van der Waals surface area contributed by atoms with Gasteiger partial charge in [-0.15, -0.1) is 0 Å². The molecule has 0 radical (unpaired) electrons. The van der Waals surface area contributed by atoms with Crippen LogP contribution in [-0.2, 0) is 4.74 Å². The summed E-state index contributed by atoms with van der Waals surface area (Å²) in [6.07, 6.45) is 4.10. The fraction of sp³-hybridized carbons (Fsp3) is 0.625. The summed E-state index contributed by atoms with van der Waals surface area (Å²) in [5.74, 6) is -0.0193. The molecule has 0 spiro atoms. The number of hydrogen-bond acceptors (Lipinski definition) is 3. The topological polar surface area (TPSA) is 32.7 Å². The summed E-state index contributed by atoms with van der Waals surface area (Å²) in [6, 6.07) is 6.36. The first-order valence-electron chi connectivity index (χ1n) is 7.40. The van der Waals surface area contributed by atoms with Crippen LogP contribution in [0.1, 0.15) is 25.7 Å². The molecule has 110 valence electrons. The van der Waals surface area contributed by atoms with Crippen molar-refractivity contribution in [3.05, 3.63) is 30.1 Å². The summed E-state index contributed by atoms with van der Waals surface area (Å²) < 4.78 is 18.8. The van der Waals surface area contributed by atoms with E-state index in [0.29, 0.717) is 13.2 Å². The molecule has 2 fully saturated rings. The molecule has 4 heteroatoms. The minimum atomic E-state index is -0.681. The van der Waals surface area contributed by atoms with E-state index in [0.717, 1.165) is 24.9 Å². The zero-order chi connectivity index (χ0) is 14.2. The van der Waals surface area contributed by atoms with Gasteiger partial charge in [0.15, 0.2) is 0 Å². The number of halogens is 1. The van der Waals surface area contributed by atoms with Gasteiger partial charge in [0.1, 0.15) is 5.82 Å². The Morgan fingerprint density at radius 2 is 2.00 bits per heavy atom. The highest BCUT2D eigenvalue weighted by molar-refractivity contribution is 5.47. The summed E-state index contributed by atoms with van der Waals surface area (Å²) in [6.45, 7) is 1.19. The van der Waals surface area contributed by atoms with Crippen molar-refractivity contribution in [1.29, 1.82) is 0 Å². The van der Waals surface area contributed by atoms with Crippen LogP contribution in [0.5, 0.6) is 0 Å². The van der Waals surface area contributed by atoms with Crippen molar-refractivity contribution in [3.8, 4) is 0 Å². The van der Waals surface area contributed by atoms with Gasteiger partial charge in [0, 0.05) is 18.7 Å². The zero-order valence-corrected chi connectivity index (χ0v) is 11.9. The molecule has 1 unspecified atom stereocenters. The summed E-state index contributed by atoms with van der Waals surface area (Å²) in [5.41, 5.74) is 0.235. The number of aliphatic hydroxyl groups is 1. The minimum absolute atomic E-state index is 0.0630. The Labute approximate surface area is 119 Å². The molecule has 1 heterocycles. The van der Waals surface area contributed by atoms with E-state index in [1.807, 2.05) is 11.9 Å². The van der Waals surface area contributed by atoms with Gasteiger partial charge >= 0.3 is 0 Å². The third-order valence-electron chi connectivity index (χ3n) is 4.96. The Bertz CT molecular complexity index is 462. The quantitative estimate of drug-likeness (QED) is 0.903. The van der Waals surface area contributed by atoms with Gasteiger partial charge in [-0.25, -0.2) is 4.39 Å². The number of likely N-dealkylation sites (N-methyl/N-ethyl adjacent to an activating group) is 1. The molecule has 2 aliphatic rings. The number of benzene rings is 1. The van der Waals surface area contributed by atoms with Crippen LogP contribution in [0.2, 0.25) is 0 Å². The Morgan fingerprint density at radius 3 is 2.75 bits per heavy atom. The van der Waals surface area contributed by atoms with Gasteiger partial charge in [0.25, 0.3) is 0 Å². The van der Waals surface area contributed by atoms with E-state index >= 15 is 0 Å². The molecular weight excluding hydrogens is 257 g/mol. The monoisotopic (exact) mass is 279 g/mol. The van der Waals surface area contributed by atoms with Gasteiger partial charge in [-0.3, -0.25) is 0 Å². The second-order valence-corrected chi connectivity index (χ2v) is 6.07. The third kappa shape index (κ3) is 2.31. The molecule has 0 amide bonds. The molecule has 1 saturated heterocycles. The minimum Gasteiger partial charge on any atom is -0.387 e. The van der Waals surface area contributed by atoms with E-state index in [2.05, 4.69) is 0 Å². The lowest BCUT2D eigenvalue weighted by Crippen LogP contribution is -2.63. The molecule has 3 atom stereocenters. The number of rotatable bonds is 2. The fourth-order valence-corrected chi connectivity index (χ4v) is 3.69. The Morgan fingerprint density at radius 1 is 1.25 bits per heavy atom.